The SMILES string of the molecule is CCOC1CCCN(c2nccnc2C(=N)N)C1. The smallest absolute Gasteiger partial charge is 0.158 e. The van der Waals surface area contributed by atoms with Gasteiger partial charge in [-0.05, 0) is 19.8 Å². The number of nitrogens with one attached hydrogen (secondary N) is 1. The first-order chi connectivity index (χ1) is 8.72. The van der Waals surface area contributed by atoms with Crippen LogP contribution in [0, 0.1) is 5.41 Å². The molecule has 6 heteroatoms. The lowest BCUT2D eigenvalue weighted by Gasteiger charge is -2.33. The average molecular weight is 249 g/mol. The number of amidine groups is 1. The minimum absolute atomic E-state index is 0.0448. The molecule has 6 nitrogen and oxygen atoms in total. The summed E-state index contributed by atoms with van der Waals surface area (Å²) in [5, 5.41) is 7.54. The molecule has 1 aromatic rings. The fourth-order valence-corrected chi connectivity index (χ4v) is 2.25. The number of rotatable bonds is 4. The number of nitrogens with two attached hydrogens (primary N) is 1. The molecule has 0 amide bonds. The topological polar surface area (TPSA) is 88.1 Å². The van der Waals surface area contributed by atoms with Crippen molar-refractivity contribution in [3.05, 3.63) is 18.1 Å². The summed E-state index contributed by atoms with van der Waals surface area (Å²) in [6.07, 6.45) is 5.54. The highest BCUT2D eigenvalue weighted by Crippen LogP contribution is 2.21. The largest absolute Gasteiger partial charge is 0.382 e. The zero-order chi connectivity index (χ0) is 13.0. The molecule has 2 rings (SSSR count). The van der Waals surface area contributed by atoms with E-state index in [1.165, 1.54) is 0 Å². The van der Waals surface area contributed by atoms with Crippen molar-refractivity contribution in [2.75, 3.05) is 24.6 Å². The Morgan fingerprint density at radius 3 is 3.06 bits per heavy atom. The van der Waals surface area contributed by atoms with Crippen molar-refractivity contribution in [3.8, 4) is 0 Å². The van der Waals surface area contributed by atoms with Gasteiger partial charge in [0, 0.05) is 32.1 Å². The number of anilines is 1. The molecular weight excluding hydrogens is 230 g/mol. The van der Waals surface area contributed by atoms with Crippen LogP contribution in [-0.2, 0) is 4.74 Å². The van der Waals surface area contributed by atoms with Crippen LogP contribution in [0.4, 0.5) is 5.82 Å². The number of hydrogen-bond acceptors (Lipinski definition) is 5. The first-order valence-corrected chi connectivity index (χ1v) is 6.24. The van der Waals surface area contributed by atoms with Crippen molar-refractivity contribution in [1.29, 1.82) is 5.41 Å². The van der Waals surface area contributed by atoms with Crippen LogP contribution in [0.25, 0.3) is 0 Å². The molecule has 1 fully saturated rings. The zero-order valence-corrected chi connectivity index (χ0v) is 10.6. The molecule has 1 aliphatic heterocycles. The van der Waals surface area contributed by atoms with Gasteiger partial charge in [0.25, 0.3) is 0 Å². The van der Waals surface area contributed by atoms with E-state index in [1.54, 1.807) is 12.4 Å². The van der Waals surface area contributed by atoms with Crippen LogP contribution in [0.3, 0.4) is 0 Å². The summed E-state index contributed by atoms with van der Waals surface area (Å²) >= 11 is 0. The maximum atomic E-state index is 7.54. The van der Waals surface area contributed by atoms with Gasteiger partial charge in [0.15, 0.2) is 5.82 Å². The van der Waals surface area contributed by atoms with E-state index < -0.39 is 0 Å². The summed E-state index contributed by atoms with van der Waals surface area (Å²) in [5.74, 6) is 0.644. The van der Waals surface area contributed by atoms with Crippen LogP contribution in [-0.4, -0.2) is 41.6 Å². The Morgan fingerprint density at radius 1 is 1.56 bits per heavy atom. The summed E-state index contributed by atoms with van der Waals surface area (Å²) in [7, 11) is 0. The fraction of sp³-hybridized carbons (Fsp3) is 0.583. The second kappa shape index (κ2) is 5.77. The predicted octanol–water partition coefficient (Wildman–Crippen LogP) is 0.766. The number of nitrogen functional groups attached to an aromatic ring is 1. The zero-order valence-electron chi connectivity index (χ0n) is 10.6. The first-order valence-electron chi connectivity index (χ1n) is 6.24. The molecule has 98 valence electrons. The third kappa shape index (κ3) is 2.76. The van der Waals surface area contributed by atoms with Gasteiger partial charge in [0.2, 0.25) is 0 Å². The number of aromatic nitrogens is 2. The standard InChI is InChI=1S/C12H19N5O/c1-2-18-9-4-3-7-17(8-9)12-10(11(13)14)15-5-6-16-12/h5-6,9H,2-4,7-8H2,1H3,(H3,13,14). The van der Waals surface area contributed by atoms with E-state index in [1.807, 2.05) is 6.92 Å². The van der Waals surface area contributed by atoms with Crippen molar-refractivity contribution < 1.29 is 4.74 Å². The minimum atomic E-state index is -0.0448. The van der Waals surface area contributed by atoms with E-state index in [-0.39, 0.29) is 11.9 Å². The summed E-state index contributed by atoms with van der Waals surface area (Å²) < 4.78 is 5.66. The van der Waals surface area contributed by atoms with Gasteiger partial charge < -0.3 is 15.4 Å². The average Bonchev–Trinajstić information content (AvgIpc) is 2.39. The van der Waals surface area contributed by atoms with Crippen LogP contribution in [0.1, 0.15) is 25.5 Å². The third-order valence-corrected chi connectivity index (χ3v) is 3.01. The molecule has 0 saturated carbocycles. The van der Waals surface area contributed by atoms with Crippen LogP contribution >= 0.6 is 0 Å². The molecule has 0 radical (unpaired) electrons. The minimum Gasteiger partial charge on any atom is -0.382 e. The van der Waals surface area contributed by atoms with Crippen molar-refractivity contribution in [1.82, 2.24) is 9.97 Å². The van der Waals surface area contributed by atoms with E-state index >= 15 is 0 Å². The van der Waals surface area contributed by atoms with E-state index in [0.29, 0.717) is 11.5 Å². The lowest BCUT2D eigenvalue weighted by atomic mass is 10.1. The highest BCUT2D eigenvalue weighted by molar-refractivity contribution is 5.97. The fourth-order valence-electron chi connectivity index (χ4n) is 2.25. The quantitative estimate of drug-likeness (QED) is 0.607. The van der Waals surface area contributed by atoms with Gasteiger partial charge in [-0.25, -0.2) is 9.97 Å². The molecule has 0 aliphatic carbocycles. The Kier molecular flexibility index (Phi) is 4.09. The van der Waals surface area contributed by atoms with Crippen molar-refractivity contribution in [2.24, 2.45) is 5.73 Å². The molecule has 18 heavy (non-hydrogen) atoms. The number of hydrogen-bond donors (Lipinski definition) is 2. The molecule has 0 spiro atoms. The Balaban J connectivity index is 2.18. The normalized spacial score (nSPS) is 19.8. The summed E-state index contributed by atoms with van der Waals surface area (Å²) in [4.78, 5) is 10.5. The number of ether oxygens (including phenoxy) is 1. The van der Waals surface area contributed by atoms with Crippen molar-refractivity contribution in [3.63, 3.8) is 0 Å². The highest BCUT2D eigenvalue weighted by atomic mass is 16.5. The molecular formula is C12H19N5O. The van der Waals surface area contributed by atoms with Crippen molar-refractivity contribution in [2.45, 2.75) is 25.9 Å². The van der Waals surface area contributed by atoms with Gasteiger partial charge in [-0.1, -0.05) is 0 Å². The number of nitrogens with zero attached hydrogens (tertiary/aromatic N) is 3. The molecule has 1 aliphatic rings. The Morgan fingerprint density at radius 2 is 2.33 bits per heavy atom. The highest BCUT2D eigenvalue weighted by Gasteiger charge is 2.23. The molecule has 0 aromatic carbocycles. The van der Waals surface area contributed by atoms with E-state index in [4.69, 9.17) is 15.9 Å². The predicted molar refractivity (Wildman–Crippen MR) is 69.9 cm³/mol. The lowest BCUT2D eigenvalue weighted by Crippen LogP contribution is -2.41. The second-order valence-corrected chi connectivity index (χ2v) is 4.31. The second-order valence-electron chi connectivity index (χ2n) is 4.31. The van der Waals surface area contributed by atoms with Crippen molar-refractivity contribution >= 4 is 11.7 Å². The van der Waals surface area contributed by atoms with Gasteiger partial charge in [-0.2, -0.15) is 0 Å². The molecule has 1 aromatic heterocycles. The Bertz CT molecular complexity index is 421. The van der Waals surface area contributed by atoms with Crippen LogP contribution in [0.5, 0.6) is 0 Å². The molecule has 1 atom stereocenters. The maximum absolute atomic E-state index is 7.54. The maximum Gasteiger partial charge on any atom is 0.158 e. The van der Waals surface area contributed by atoms with Crippen LogP contribution < -0.4 is 10.6 Å². The summed E-state index contributed by atoms with van der Waals surface area (Å²) in [5.41, 5.74) is 5.99. The van der Waals surface area contributed by atoms with E-state index in [0.717, 1.165) is 32.5 Å². The van der Waals surface area contributed by atoms with E-state index in [2.05, 4.69) is 14.9 Å². The Labute approximate surface area is 107 Å². The molecule has 2 heterocycles. The third-order valence-electron chi connectivity index (χ3n) is 3.01. The molecule has 1 saturated heterocycles. The van der Waals surface area contributed by atoms with E-state index in [9.17, 15) is 0 Å². The first kappa shape index (κ1) is 12.8. The molecule has 0 bridgehead atoms. The molecule has 1 unspecified atom stereocenters. The lowest BCUT2D eigenvalue weighted by molar-refractivity contribution is 0.0525. The molecule has 3 N–H and O–H groups in total. The van der Waals surface area contributed by atoms with Gasteiger partial charge in [0.05, 0.1) is 6.10 Å². The van der Waals surface area contributed by atoms with Gasteiger partial charge >= 0.3 is 0 Å². The summed E-state index contributed by atoms with van der Waals surface area (Å²) in [6.45, 7) is 4.41. The van der Waals surface area contributed by atoms with Gasteiger partial charge in [0.1, 0.15) is 11.5 Å². The van der Waals surface area contributed by atoms with Gasteiger partial charge in [-0.15, -0.1) is 0 Å². The number of piperidine rings is 1. The summed E-state index contributed by atoms with van der Waals surface area (Å²) in [6, 6.07) is 0. The van der Waals surface area contributed by atoms with Crippen LogP contribution in [0.2, 0.25) is 0 Å². The van der Waals surface area contributed by atoms with Crippen LogP contribution in [0.15, 0.2) is 12.4 Å². The monoisotopic (exact) mass is 249 g/mol. The Hall–Kier alpha value is -1.69. The van der Waals surface area contributed by atoms with Gasteiger partial charge in [-0.3, -0.25) is 5.41 Å².